The predicted octanol–water partition coefficient (Wildman–Crippen LogP) is 4.59. The SMILES string of the molecule is CC(NC(=O)CSc1n[nH]c(C2CCCC2)n1)c1cccc2ccccc12. The monoisotopic (exact) mass is 380 g/mol. The average Bonchev–Trinajstić information content (AvgIpc) is 3.37. The summed E-state index contributed by atoms with van der Waals surface area (Å²) in [4.78, 5) is 17.0. The molecule has 1 saturated carbocycles. The molecule has 6 heteroatoms. The molecule has 0 spiro atoms. The number of H-pyrrole nitrogens is 1. The van der Waals surface area contributed by atoms with Crippen molar-refractivity contribution in [3.05, 3.63) is 53.9 Å². The Bertz CT molecular complexity index is 927. The zero-order chi connectivity index (χ0) is 18.6. The lowest BCUT2D eigenvalue weighted by molar-refractivity contribution is -0.119. The van der Waals surface area contributed by atoms with E-state index >= 15 is 0 Å². The molecular formula is C21H24N4OS. The van der Waals surface area contributed by atoms with Gasteiger partial charge in [0, 0.05) is 5.92 Å². The number of amides is 1. The molecule has 4 rings (SSSR count). The summed E-state index contributed by atoms with van der Waals surface area (Å²) in [6.07, 6.45) is 4.90. The topological polar surface area (TPSA) is 70.7 Å². The van der Waals surface area contributed by atoms with E-state index in [2.05, 4.69) is 44.8 Å². The van der Waals surface area contributed by atoms with Crippen molar-refractivity contribution in [1.29, 1.82) is 0 Å². The molecule has 3 aromatic rings. The molecule has 1 amide bonds. The van der Waals surface area contributed by atoms with Crippen LogP contribution in [0.3, 0.4) is 0 Å². The van der Waals surface area contributed by atoms with Gasteiger partial charge in [0.25, 0.3) is 0 Å². The van der Waals surface area contributed by atoms with Crippen LogP contribution in [0.2, 0.25) is 0 Å². The van der Waals surface area contributed by atoms with Gasteiger partial charge in [-0.05, 0) is 36.1 Å². The first-order valence-corrected chi connectivity index (χ1v) is 10.5. The molecule has 5 nitrogen and oxygen atoms in total. The summed E-state index contributed by atoms with van der Waals surface area (Å²) in [7, 11) is 0. The largest absolute Gasteiger partial charge is 0.349 e. The minimum Gasteiger partial charge on any atom is -0.349 e. The summed E-state index contributed by atoms with van der Waals surface area (Å²) in [6.45, 7) is 2.02. The Morgan fingerprint density at radius 1 is 1.22 bits per heavy atom. The maximum Gasteiger partial charge on any atom is 0.230 e. The second kappa shape index (κ2) is 8.13. The van der Waals surface area contributed by atoms with Crippen LogP contribution in [0.5, 0.6) is 0 Å². The number of fused-ring (bicyclic) bond motifs is 1. The Hall–Kier alpha value is -2.34. The van der Waals surface area contributed by atoms with Crippen molar-refractivity contribution in [1.82, 2.24) is 20.5 Å². The van der Waals surface area contributed by atoms with E-state index in [-0.39, 0.29) is 11.9 Å². The van der Waals surface area contributed by atoms with Crippen LogP contribution in [0.25, 0.3) is 10.8 Å². The summed E-state index contributed by atoms with van der Waals surface area (Å²) < 4.78 is 0. The Balaban J connectivity index is 1.35. The number of aromatic nitrogens is 3. The Kier molecular flexibility index (Phi) is 5.43. The smallest absolute Gasteiger partial charge is 0.230 e. The quantitative estimate of drug-likeness (QED) is 0.614. The Labute approximate surface area is 163 Å². The molecule has 2 aromatic carbocycles. The third-order valence-electron chi connectivity index (χ3n) is 5.22. The lowest BCUT2D eigenvalue weighted by atomic mass is 10.00. The predicted molar refractivity (Wildman–Crippen MR) is 109 cm³/mol. The fourth-order valence-corrected chi connectivity index (χ4v) is 4.44. The van der Waals surface area contributed by atoms with Gasteiger partial charge in [-0.2, -0.15) is 0 Å². The van der Waals surface area contributed by atoms with Gasteiger partial charge in [0.15, 0.2) is 0 Å². The second-order valence-electron chi connectivity index (χ2n) is 7.13. The minimum atomic E-state index is -0.0506. The summed E-state index contributed by atoms with van der Waals surface area (Å²) in [6, 6.07) is 14.4. The van der Waals surface area contributed by atoms with Crippen LogP contribution in [0, 0.1) is 0 Å². The standard InChI is InChI=1S/C21H24N4OS/c1-14(17-12-6-10-15-7-4-5-11-18(15)17)22-19(26)13-27-21-23-20(24-25-21)16-8-2-3-9-16/h4-7,10-12,14,16H,2-3,8-9,13H2,1H3,(H,22,26)(H,23,24,25). The number of carbonyl (C=O) groups is 1. The number of carbonyl (C=O) groups excluding carboxylic acids is 1. The third kappa shape index (κ3) is 4.16. The van der Waals surface area contributed by atoms with E-state index < -0.39 is 0 Å². The van der Waals surface area contributed by atoms with E-state index in [0.29, 0.717) is 16.8 Å². The van der Waals surface area contributed by atoms with Crippen molar-refractivity contribution >= 4 is 28.4 Å². The zero-order valence-corrected chi connectivity index (χ0v) is 16.3. The summed E-state index contributed by atoms with van der Waals surface area (Å²) >= 11 is 1.38. The minimum absolute atomic E-state index is 0.00681. The number of hydrogen-bond donors (Lipinski definition) is 2. The molecule has 1 atom stereocenters. The first kappa shape index (κ1) is 18.0. The molecule has 1 fully saturated rings. The van der Waals surface area contributed by atoms with Crippen LogP contribution in [0.1, 0.15) is 56.0 Å². The van der Waals surface area contributed by atoms with E-state index in [4.69, 9.17) is 0 Å². The number of nitrogens with one attached hydrogen (secondary N) is 2. The molecule has 2 N–H and O–H groups in total. The number of rotatable bonds is 6. The molecule has 1 aliphatic rings. The van der Waals surface area contributed by atoms with Crippen LogP contribution < -0.4 is 5.32 Å². The summed E-state index contributed by atoms with van der Waals surface area (Å²) in [5, 5.41) is 13.4. The van der Waals surface area contributed by atoms with Crippen molar-refractivity contribution in [2.75, 3.05) is 5.75 Å². The Morgan fingerprint density at radius 3 is 2.85 bits per heavy atom. The summed E-state index contributed by atoms with van der Waals surface area (Å²) in [5.41, 5.74) is 1.13. The fraction of sp³-hybridized carbons (Fsp3) is 0.381. The van der Waals surface area contributed by atoms with Crippen LogP contribution in [-0.4, -0.2) is 26.8 Å². The highest BCUT2D eigenvalue weighted by atomic mass is 32.2. The first-order chi connectivity index (χ1) is 13.2. The molecule has 0 radical (unpaired) electrons. The zero-order valence-electron chi connectivity index (χ0n) is 15.4. The van der Waals surface area contributed by atoms with Gasteiger partial charge in [0.05, 0.1) is 11.8 Å². The Morgan fingerprint density at radius 2 is 2.00 bits per heavy atom. The lowest BCUT2D eigenvalue weighted by Gasteiger charge is -2.16. The molecule has 1 heterocycles. The van der Waals surface area contributed by atoms with Crippen molar-refractivity contribution in [3.63, 3.8) is 0 Å². The molecule has 27 heavy (non-hydrogen) atoms. The average molecular weight is 381 g/mol. The van der Waals surface area contributed by atoms with Crippen LogP contribution in [0.4, 0.5) is 0 Å². The molecule has 1 aromatic heterocycles. The number of thioether (sulfide) groups is 1. The van der Waals surface area contributed by atoms with Gasteiger partial charge >= 0.3 is 0 Å². The van der Waals surface area contributed by atoms with Gasteiger partial charge in [-0.3, -0.25) is 9.89 Å². The van der Waals surface area contributed by atoms with Crippen molar-refractivity contribution < 1.29 is 4.79 Å². The summed E-state index contributed by atoms with van der Waals surface area (Å²) in [5.74, 6) is 1.79. The maximum absolute atomic E-state index is 12.4. The van der Waals surface area contributed by atoms with E-state index in [0.717, 1.165) is 11.4 Å². The van der Waals surface area contributed by atoms with Gasteiger partial charge < -0.3 is 5.32 Å². The van der Waals surface area contributed by atoms with Gasteiger partial charge in [-0.25, -0.2) is 4.98 Å². The van der Waals surface area contributed by atoms with E-state index in [1.165, 1.54) is 48.2 Å². The van der Waals surface area contributed by atoms with E-state index in [9.17, 15) is 4.79 Å². The number of nitrogens with zero attached hydrogens (tertiary/aromatic N) is 2. The normalized spacial score (nSPS) is 15.9. The highest BCUT2D eigenvalue weighted by Gasteiger charge is 2.21. The van der Waals surface area contributed by atoms with E-state index in [1.54, 1.807) is 0 Å². The van der Waals surface area contributed by atoms with Gasteiger partial charge in [-0.15, -0.1) is 5.10 Å². The molecule has 0 saturated heterocycles. The van der Waals surface area contributed by atoms with Crippen LogP contribution in [-0.2, 0) is 4.79 Å². The number of hydrogen-bond acceptors (Lipinski definition) is 4. The number of benzene rings is 2. The number of aromatic amines is 1. The van der Waals surface area contributed by atoms with Gasteiger partial charge in [-0.1, -0.05) is 67.1 Å². The lowest BCUT2D eigenvalue weighted by Crippen LogP contribution is -2.28. The van der Waals surface area contributed by atoms with Crippen molar-refractivity contribution in [2.24, 2.45) is 0 Å². The molecule has 1 unspecified atom stereocenters. The molecular weight excluding hydrogens is 356 g/mol. The molecule has 0 aliphatic heterocycles. The highest BCUT2D eigenvalue weighted by Crippen LogP contribution is 2.32. The second-order valence-corrected chi connectivity index (χ2v) is 8.07. The third-order valence-corrected chi connectivity index (χ3v) is 6.07. The van der Waals surface area contributed by atoms with Gasteiger partial charge in [0.1, 0.15) is 5.82 Å². The maximum atomic E-state index is 12.4. The fourth-order valence-electron chi connectivity index (χ4n) is 3.82. The van der Waals surface area contributed by atoms with Crippen LogP contribution >= 0.6 is 11.8 Å². The van der Waals surface area contributed by atoms with Crippen molar-refractivity contribution in [3.8, 4) is 0 Å². The highest BCUT2D eigenvalue weighted by molar-refractivity contribution is 7.99. The molecule has 140 valence electrons. The first-order valence-electron chi connectivity index (χ1n) is 9.53. The van der Waals surface area contributed by atoms with Gasteiger partial charge in [0.2, 0.25) is 11.1 Å². The molecule has 0 bridgehead atoms. The van der Waals surface area contributed by atoms with E-state index in [1.807, 2.05) is 25.1 Å². The van der Waals surface area contributed by atoms with Crippen LogP contribution in [0.15, 0.2) is 47.6 Å². The van der Waals surface area contributed by atoms with Crippen molar-refractivity contribution in [2.45, 2.75) is 49.7 Å². The molecule has 1 aliphatic carbocycles.